The van der Waals surface area contributed by atoms with E-state index in [9.17, 15) is 9.59 Å². The highest BCUT2D eigenvalue weighted by molar-refractivity contribution is 7.14. The van der Waals surface area contributed by atoms with Crippen molar-refractivity contribution in [3.05, 3.63) is 35.3 Å². The van der Waals surface area contributed by atoms with E-state index in [2.05, 4.69) is 15.6 Å². The Morgan fingerprint density at radius 3 is 2.93 bits per heavy atom. The van der Waals surface area contributed by atoms with Gasteiger partial charge in [0.15, 0.2) is 5.13 Å². The average molecular weight is 403 g/mol. The third kappa shape index (κ3) is 4.62. The quantitative estimate of drug-likeness (QED) is 0.741. The van der Waals surface area contributed by atoms with Crippen LogP contribution < -0.4 is 15.4 Å². The predicted molar refractivity (Wildman–Crippen MR) is 110 cm³/mol. The Hall–Kier alpha value is -2.61. The lowest BCUT2D eigenvalue weighted by molar-refractivity contribution is -0.126. The van der Waals surface area contributed by atoms with Gasteiger partial charge in [-0.25, -0.2) is 4.98 Å². The molecular weight excluding hydrogens is 376 g/mol. The van der Waals surface area contributed by atoms with Gasteiger partial charge >= 0.3 is 0 Å². The Bertz CT molecular complexity index is 823. The Morgan fingerprint density at radius 1 is 1.32 bits per heavy atom. The minimum Gasteiger partial charge on any atom is -0.495 e. The number of likely N-dealkylation sites (tertiary alicyclic amines) is 1. The summed E-state index contributed by atoms with van der Waals surface area (Å²) < 4.78 is 5.33. The van der Waals surface area contributed by atoms with E-state index >= 15 is 0 Å². The second kappa shape index (κ2) is 9.54. The van der Waals surface area contributed by atoms with Gasteiger partial charge in [-0.05, 0) is 37.8 Å². The highest BCUT2D eigenvalue weighted by Crippen LogP contribution is 2.29. The van der Waals surface area contributed by atoms with Crippen LogP contribution in [0, 0.1) is 0 Å². The lowest BCUT2D eigenvalue weighted by Crippen LogP contribution is -2.52. The second-order valence-corrected chi connectivity index (χ2v) is 7.52. The number of methoxy groups -OCH3 is 1. The molecular formula is C20H26N4O3S. The zero-order chi connectivity index (χ0) is 19.9. The van der Waals surface area contributed by atoms with E-state index in [4.69, 9.17) is 4.74 Å². The minimum absolute atomic E-state index is 0.0718. The fourth-order valence-corrected chi connectivity index (χ4v) is 3.95. The van der Waals surface area contributed by atoms with Gasteiger partial charge in [0, 0.05) is 18.5 Å². The van der Waals surface area contributed by atoms with E-state index in [1.807, 2.05) is 31.2 Å². The molecule has 8 heteroatoms. The molecule has 0 spiro atoms. The number of para-hydroxylation sites is 2. The Morgan fingerprint density at radius 2 is 2.14 bits per heavy atom. The van der Waals surface area contributed by atoms with Gasteiger partial charge in [0.1, 0.15) is 17.5 Å². The largest absolute Gasteiger partial charge is 0.495 e. The number of carbonyl (C=O) groups excluding carboxylic acids is 2. The lowest BCUT2D eigenvalue weighted by Gasteiger charge is -2.34. The summed E-state index contributed by atoms with van der Waals surface area (Å²) in [4.78, 5) is 31.6. The number of benzene rings is 1. The van der Waals surface area contributed by atoms with E-state index in [1.165, 1.54) is 11.3 Å². The first-order chi connectivity index (χ1) is 13.6. The van der Waals surface area contributed by atoms with Crippen molar-refractivity contribution in [3.63, 3.8) is 0 Å². The molecule has 1 unspecified atom stereocenters. The van der Waals surface area contributed by atoms with E-state index in [0.29, 0.717) is 36.1 Å². The molecule has 2 heterocycles. The van der Waals surface area contributed by atoms with Crippen molar-refractivity contribution in [2.75, 3.05) is 25.5 Å². The standard InChI is InChI=1S/C20H26N4O3S/c1-3-11-21-18(25)16-9-6-7-12-24(16)19(26)15-13-28-20(23-15)22-14-8-4-5-10-17(14)27-2/h4-5,8,10,13,16H,3,6-7,9,11-12H2,1-2H3,(H,21,25)(H,22,23). The summed E-state index contributed by atoms with van der Waals surface area (Å²) in [6.07, 6.45) is 3.42. The zero-order valence-corrected chi connectivity index (χ0v) is 17.1. The first-order valence-electron chi connectivity index (χ1n) is 9.58. The number of nitrogens with zero attached hydrogens (tertiary/aromatic N) is 2. The summed E-state index contributed by atoms with van der Waals surface area (Å²) in [6.45, 7) is 3.21. The fourth-order valence-electron chi connectivity index (χ4n) is 3.25. The molecule has 1 saturated heterocycles. The smallest absolute Gasteiger partial charge is 0.274 e. The molecule has 1 aromatic heterocycles. The van der Waals surface area contributed by atoms with E-state index in [-0.39, 0.29) is 11.8 Å². The molecule has 0 aliphatic carbocycles. The predicted octanol–water partition coefficient (Wildman–Crippen LogP) is 3.42. The van der Waals surface area contributed by atoms with Crippen molar-refractivity contribution in [3.8, 4) is 5.75 Å². The van der Waals surface area contributed by atoms with E-state index < -0.39 is 6.04 Å². The van der Waals surface area contributed by atoms with Gasteiger partial charge in [-0.2, -0.15) is 0 Å². The van der Waals surface area contributed by atoms with Crippen LogP contribution in [0.25, 0.3) is 0 Å². The van der Waals surface area contributed by atoms with Gasteiger partial charge in [0.25, 0.3) is 5.91 Å². The van der Waals surface area contributed by atoms with Gasteiger partial charge in [-0.3, -0.25) is 9.59 Å². The van der Waals surface area contributed by atoms with E-state index in [1.54, 1.807) is 17.4 Å². The second-order valence-electron chi connectivity index (χ2n) is 6.66. The number of aromatic nitrogens is 1. The molecule has 1 fully saturated rings. The van der Waals surface area contributed by atoms with Crippen molar-refractivity contribution in [2.24, 2.45) is 0 Å². The maximum Gasteiger partial charge on any atom is 0.274 e. The van der Waals surface area contributed by atoms with Crippen LogP contribution in [0.1, 0.15) is 43.1 Å². The van der Waals surface area contributed by atoms with Gasteiger partial charge in [0.05, 0.1) is 12.8 Å². The van der Waals surface area contributed by atoms with Crippen LogP contribution in [-0.4, -0.2) is 47.9 Å². The Balaban J connectivity index is 1.72. The topological polar surface area (TPSA) is 83.6 Å². The van der Waals surface area contributed by atoms with Crippen molar-refractivity contribution < 1.29 is 14.3 Å². The van der Waals surface area contributed by atoms with Gasteiger partial charge in [-0.1, -0.05) is 19.1 Å². The molecule has 2 aromatic rings. The average Bonchev–Trinajstić information content (AvgIpc) is 3.20. The van der Waals surface area contributed by atoms with Crippen LogP contribution in [0.15, 0.2) is 29.6 Å². The summed E-state index contributed by atoms with van der Waals surface area (Å²) >= 11 is 1.35. The number of amides is 2. The lowest BCUT2D eigenvalue weighted by atomic mass is 10.0. The molecule has 150 valence electrons. The van der Waals surface area contributed by atoms with Gasteiger partial charge in [0.2, 0.25) is 5.91 Å². The molecule has 1 aromatic carbocycles. The number of anilines is 2. The maximum absolute atomic E-state index is 13.0. The van der Waals surface area contributed by atoms with Crippen LogP contribution in [0.5, 0.6) is 5.75 Å². The molecule has 0 saturated carbocycles. The van der Waals surface area contributed by atoms with E-state index in [0.717, 1.165) is 24.9 Å². The number of piperidine rings is 1. The maximum atomic E-state index is 13.0. The first kappa shape index (κ1) is 20.1. The minimum atomic E-state index is -0.417. The monoisotopic (exact) mass is 402 g/mol. The fraction of sp³-hybridized carbons (Fsp3) is 0.450. The van der Waals surface area contributed by atoms with Crippen molar-refractivity contribution in [1.29, 1.82) is 0 Å². The molecule has 1 aliphatic heterocycles. The summed E-state index contributed by atoms with van der Waals surface area (Å²) in [5, 5.41) is 8.45. The summed E-state index contributed by atoms with van der Waals surface area (Å²) in [5.74, 6) is 0.437. The summed E-state index contributed by atoms with van der Waals surface area (Å²) in [7, 11) is 1.61. The molecule has 2 amide bonds. The van der Waals surface area contributed by atoms with Crippen LogP contribution in [-0.2, 0) is 4.79 Å². The zero-order valence-electron chi connectivity index (χ0n) is 16.2. The Kier molecular flexibility index (Phi) is 6.86. The number of carbonyl (C=O) groups is 2. The number of hydrogen-bond acceptors (Lipinski definition) is 6. The third-order valence-corrected chi connectivity index (χ3v) is 5.45. The third-order valence-electron chi connectivity index (χ3n) is 4.69. The number of ether oxygens (including phenoxy) is 1. The molecule has 0 bridgehead atoms. The molecule has 7 nitrogen and oxygen atoms in total. The van der Waals surface area contributed by atoms with Crippen molar-refractivity contribution in [1.82, 2.24) is 15.2 Å². The number of hydrogen-bond donors (Lipinski definition) is 2. The van der Waals surface area contributed by atoms with Gasteiger partial charge in [-0.15, -0.1) is 11.3 Å². The highest BCUT2D eigenvalue weighted by atomic mass is 32.1. The number of nitrogens with one attached hydrogen (secondary N) is 2. The highest BCUT2D eigenvalue weighted by Gasteiger charge is 2.33. The normalized spacial score (nSPS) is 16.5. The van der Waals surface area contributed by atoms with Crippen molar-refractivity contribution in [2.45, 2.75) is 38.6 Å². The van der Waals surface area contributed by atoms with Crippen LogP contribution >= 0.6 is 11.3 Å². The summed E-state index contributed by atoms with van der Waals surface area (Å²) in [6, 6.07) is 7.12. The Labute approximate surface area is 169 Å². The molecule has 3 rings (SSSR count). The first-order valence-corrected chi connectivity index (χ1v) is 10.5. The molecule has 0 radical (unpaired) electrons. The van der Waals surface area contributed by atoms with Crippen LogP contribution in [0.2, 0.25) is 0 Å². The van der Waals surface area contributed by atoms with Crippen LogP contribution in [0.4, 0.5) is 10.8 Å². The van der Waals surface area contributed by atoms with Crippen molar-refractivity contribution >= 4 is 34.0 Å². The molecule has 28 heavy (non-hydrogen) atoms. The molecule has 1 atom stereocenters. The molecule has 1 aliphatic rings. The van der Waals surface area contributed by atoms with Gasteiger partial charge < -0.3 is 20.3 Å². The van der Waals surface area contributed by atoms with Crippen LogP contribution in [0.3, 0.4) is 0 Å². The number of thiazole rings is 1. The number of rotatable bonds is 7. The SMILES string of the molecule is CCCNC(=O)C1CCCCN1C(=O)c1csc(Nc2ccccc2OC)n1. The summed E-state index contributed by atoms with van der Waals surface area (Å²) in [5.41, 5.74) is 1.14. The molecule has 2 N–H and O–H groups in total.